The van der Waals surface area contributed by atoms with Crippen molar-refractivity contribution < 1.29 is 32.7 Å². The van der Waals surface area contributed by atoms with Crippen LogP contribution in [0.2, 0.25) is 5.02 Å². The molecule has 3 aromatic rings. The summed E-state index contributed by atoms with van der Waals surface area (Å²) < 4.78 is 1.39. The first kappa shape index (κ1) is 24.0. The fraction of sp³-hybridized carbons (Fsp3) is 0.292. The van der Waals surface area contributed by atoms with Gasteiger partial charge < -0.3 is 22.8 Å². The molecule has 1 fully saturated rings. The minimum atomic E-state index is -0.0793. The van der Waals surface area contributed by atoms with Crippen molar-refractivity contribution in [1.29, 1.82) is 0 Å². The second-order valence-electron chi connectivity index (χ2n) is 8.29. The summed E-state index contributed by atoms with van der Waals surface area (Å²) in [5.41, 5.74) is 6.09. The molecule has 2 unspecified atom stereocenters. The molecule has 5 rings (SSSR count). The summed E-state index contributed by atoms with van der Waals surface area (Å²) in [4.78, 5) is 11.2. The number of hydrogen-bond donors (Lipinski definition) is 0. The summed E-state index contributed by atoms with van der Waals surface area (Å²) in [6, 6.07) is 7.56. The predicted octanol–water partition coefficient (Wildman–Crippen LogP) is 6.50. The van der Waals surface area contributed by atoms with E-state index in [0.29, 0.717) is 23.3 Å². The van der Waals surface area contributed by atoms with Crippen LogP contribution in [0.25, 0.3) is 16.9 Å². The summed E-state index contributed by atoms with van der Waals surface area (Å²) in [5.74, 6) is 9.69. The predicted molar refractivity (Wildman–Crippen MR) is 124 cm³/mol. The maximum Gasteiger partial charge on any atom is 0.116 e. The zero-order valence-electron chi connectivity index (χ0n) is 18.0. The van der Waals surface area contributed by atoms with Gasteiger partial charge in [0.2, 0.25) is 0 Å². The Balaban J connectivity index is 0.00000136. The number of anilines is 1. The van der Waals surface area contributed by atoms with Crippen LogP contribution in [-0.2, 0) is 44.7 Å². The molecule has 1 spiro atoms. The molecule has 0 amide bonds. The topological polar surface area (TPSA) is 57.8 Å². The molecule has 5 nitrogen and oxygen atoms in total. The molecule has 159 valence electrons. The van der Waals surface area contributed by atoms with Gasteiger partial charge in [0, 0.05) is 55.0 Å². The van der Waals surface area contributed by atoms with Crippen molar-refractivity contribution in [3.63, 3.8) is 0 Å². The van der Waals surface area contributed by atoms with Gasteiger partial charge in [0.1, 0.15) is 5.82 Å². The van der Waals surface area contributed by atoms with E-state index in [1.54, 1.807) is 12.1 Å². The van der Waals surface area contributed by atoms with Crippen LogP contribution in [0, 0.1) is 13.3 Å². The number of nitrogens with zero attached hydrogens (tertiary/aromatic N) is 4. The molecule has 1 N–H and O–H groups in total. The third kappa shape index (κ3) is 3.65. The molecule has 7 heteroatoms. The van der Waals surface area contributed by atoms with E-state index in [1.165, 1.54) is 15.8 Å². The van der Waals surface area contributed by atoms with E-state index in [1.807, 2.05) is 18.5 Å². The fourth-order valence-electron chi connectivity index (χ4n) is 5.07. The van der Waals surface area contributed by atoms with Gasteiger partial charge in [0.15, 0.2) is 0 Å². The van der Waals surface area contributed by atoms with Crippen LogP contribution < -0.4 is 4.90 Å². The molecule has 1 aliphatic carbocycles. The van der Waals surface area contributed by atoms with Crippen molar-refractivity contribution in [3.05, 3.63) is 90.8 Å². The third-order valence-electron chi connectivity index (χ3n) is 6.68. The first-order valence-corrected chi connectivity index (χ1v) is 10.2. The number of aromatic nitrogens is 3. The monoisotopic (exact) mass is 508 g/mol. The Morgan fingerprint density at radius 2 is 2.13 bits per heavy atom. The summed E-state index contributed by atoms with van der Waals surface area (Å²) >= 11 is 6.11. The molecule has 2 atom stereocenters. The van der Waals surface area contributed by atoms with Crippen molar-refractivity contribution >= 4 is 28.3 Å². The van der Waals surface area contributed by atoms with Gasteiger partial charge in [0.05, 0.1) is 29.5 Å². The van der Waals surface area contributed by atoms with E-state index in [4.69, 9.17) is 17.4 Å². The standard InChI is InChI=1S/C23H23ClN5.CH3.Y/c1-14(2)16-6-8-23(11-16)15(3)28(21-12-26-9-7-18(21)23)13-22-27-19-10-17(24)4-5-20(19)29(22)25;;/h4-5,7,9-10,12,16,25H,1,3,6,8,11,13H2,2H3;1H3;/q2*-1;. The normalized spacial score (nSPS) is 21.8. The molecular formula is C24H26ClN5Y-2. The van der Waals surface area contributed by atoms with Crippen molar-refractivity contribution in [1.82, 2.24) is 14.6 Å². The van der Waals surface area contributed by atoms with Gasteiger partial charge >= 0.3 is 0 Å². The van der Waals surface area contributed by atoms with Crippen LogP contribution in [0.15, 0.2) is 61.1 Å². The van der Waals surface area contributed by atoms with Crippen molar-refractivity contribution in [3.8, 4) is 0 Å². The van der Waals surface area contributed by atoms with Crippen molar-refractivity contribution in [2.45, 2.75) is 38.1 Å². The van der Waals surface area contributed by atoms with E-state index in [9.17, 15) is 0 Å². The van der Waals surface area contributed by atoms with Gasteiger partial charge in [-0.25, -0.2) is 4.98 Å². The van der Waals surface area contributed by atoms with Crippen LogP contribution in [0.5, 0.6) is 0 Å². The molecular weight excluding hydrogens is 483 g/mol. The Bertz CT molecular complexity index is 1170. The van der Waals surface area contributed by atoms with E-state index in [0.717, 1.165) is 41.7 Å². The van der Waals surface area contributed by atoms with Crippen LogP contribution in [0.1, 0.15) is 37.6 Å². The molecule has 3 heterocycles. The van der Waals surface area contributed by atoms with Gasteiger partial charge in [-0.1, -0.05) is 30.3 Å². The zero-order valence-corrected chi connectivity index (χ0v) is 21.6. The maximum atomic E-state index is 8.52. The Hall–Kier alpha value is -1.69. The van der Waals surface area contributed by atoms with Gasteiger partial charge in [-0.15, -0.1) is 0 Å². The van der Waals surface area contributed by atoms with Gasteiger partial charge in [-0.3, -0.25) is 4.98 Å². The van der Waals surface area contributed by atoms with Gasteiger partial charge in [-0.2, -0.15) is 0 Å². The Morgan fingerprint density at radius 1 is 1.35 bits per heavy atom. The minimum absolute atomic E-state index is 0. The number of fused-ring (bicyclic) bond motifs is 3. The summed E-state index contributed by atoms with van der Waals surface area (Å²) in [6.07, 6.45) is 7.00. The maximum absolute atomic E-state index is 8.52. The van der Waals surface area contributed by atoms with E-state index < -0.39 is 0 Å². The van der Waals surface area contributed by atoms with Gasteiger partial charge in [-0.05, 0) is 61.9 Å². The van der Waals surface area contributed by atoms with E-state index in [-0.39, 0.29) is 45.6 Å². The number of rotatable bonds is 3. The second kappa shape index (κ2) is 8.69. The number of hydrogen-bond acceptors (Lipinski definition) is 3. The molecule has 0 bridgehead atoms. The van der Waals surface area contributed by atoms with Crippen LogP contribution in [0.3, 0.4) is 0 Å². The van der Waals surface area contributed by atoms with Gasteiger partial charge in [0.25, 0.3) is 0 Å². The molecule has 1 aromatic carbocycles. The zero-order chi connectivity index (χ0) is 20.3. The van der Waals surface area contributed by atoms with Crippen LogP contribution in [0.4, 0.5) is 5.69 Å². The number of pyridine rings is 1. The van der Waals surface area contributed by atoms with Crippen LogP contribution >= 0.6 is 11.6 Å². The van der Waals surface area contributed by atoms with Crippen LogP contribution in [-0.4, -0.2) is 14.6 Å². The molecule has 1 radical (unpaired) electrons. The van der Waals surface area contributed by atoms with Crippen molar-refractivity contribution in [2.75, 3.05) is 4.90 Å². The summed E-state index contributed by atoms with van der Waals surface area (Å²) in [6.45, 7) is 11.3. The molecule has 1 saturated carbocycles. The average Bonchev–Trinajstić information content (AvgIpc) is 3.34. The van der Waals surface area contributed by atoms with E-state index >= 15 is 0 Å². The Morgan fingerprint density at radius 3 is 2.84 bits per heavy atom. The molecule has 1 aliphatic heterocycles. The van der Waals surface area contributed by atoms with E-state index in [2.05, 4.69) is 41.0 Å². The Labute approximate surface area is 214 Å². The number of imidazole rings is 1. The summed E-state index contributed by atoms with van der Waals surface area (Å²) in [5, 5.41) is 0.623. The molecule has 31 heavy (non-hydrogen) atoms. The first-order chi connectivity index (χ1) is 13.9. The molecule has 2 aromatic heterocycles. The molecule has 0 saturated heterocycles. The largest absolute Gasteiger partial charge is 0.630 e. The summed E-state index contributed by atoms with van der Waals surface area (Å²) in [7, 11) is 0. The number of nitrogens with one attached hydrogen (secondary N) is 1. The number of allylic oxidation sites excluding steroid dienone is 2. The third-order valence-corrected chi connectivity index (χ3v) is 6.92. The number of halogens is 1. The first-order valence-electron chi connectivity index (χ1n) is 9.86. The minimum Gasteiger partial charge on any atom is -0.630 e. The van der Waals surface area contributed by atoms with Crippen molar-refractivity contribution in [2.24, 2.45) is 5.92 Å². The average molecular weight is 509 g/mol. The SMILES string of the molecule is C=C(C)C1CCC2(C1)C(=C)N(Cc1nc3cc(Cl)ccc3n1[NH-])c1cnccc12.[CH3-].[Y]. The smallest absolute Gasteiger partial charge is 0.116 e. The Kier molecular flexibility index (Phi) is 6.72. The quantitative estimate of drug-likeness (QED) is 0.300. The second-order valence-corrected chi connectivity index (χ2v) is 8.73. The fourth-order valence-corrected chi connectivity index (χ4v) is 5.24. The number of benzene rings is 1. The molecule has 2 aliphatic rings.